The number of ether oxygens (including phenoxy) is 2. The van der Waals surface area contributed by atoms with Crippen molar-refractivity contribution in [2.75, 3.05) is 52.9 Å². The molecule has 12 nitrogen and oxygen atoms in total. The summed E-state index contributed by atoms with van der Waals surface area (Å²) in [6, 6.07) is 10.7. The Balaban J connectivity index is 0.00000185. The fourth-order valence-corrected chi connectivity index (χ4v) is 5.41. The van der Waals surface area contributed by atoms with Gasteiger partial charge in [-0.3, -0.25) is 4.90 Å². The van der Waals surface area contributed by atoms with Gasteiger partial charge in [-0.25, -0.2) is 19.3 Å². The summed E-state index contributed by atoms with van der Waals surface area (Å²) in [7, 11) is 7.01. The molecule has 0 spiro atoms. The minimum absolute atomic E-state index is 0.00506. The third-order valence-electron chi connectivity index (χ3n) is 7.64. The Hall–Kier alpha value is -4.94. The maximum atomic E-state index is 13.6. The lowest BCUT2D eigenvalue weighted by atomic mass is 9.89. The van der Waals surface area contributed by atoms with Crippen molar-refractivity contribution in [3.8, 4) is 6.07 Å². The lowest BCUT2D eigenvalue weighted by molar-refractivity contribution is -0.890. The van der Waals surface area contributed by atoms with Crippen LogP contribution in [0.1, 0.15) is 41.6 Å². The number of likely N-dealkylation sites (N-methyl/N-ethyl adjacent to an activating group) is 1. The van der Waals surface area contributed by atoms with Crippen LogP contribution in [0.5, 0.6) is 0 Å². The molecule has 1 aliphatic rings. The van der Waals surface area contributed by atoms with Crippen LogP contribution < -0.4 is 15.7 Å². The number of aromatic amines is 1. The Morgan fingerprint density at radius 1 is 1.20 bits per heavy atom. The number of carbonyl (C=O) groups excluding carboxylic acids is 2. The number of halogens is 3. The molecule has 0 saturated heterocycles. The monoisotopic (exact) mass is 644 g/mol. The third-order valence-corrected chi connectivity index (χ3v) is 7.64. The molecule has 2 heterocycles. The zero-order valence-corrected chi connectivity index (χ0v) is 26.1. The van der Waals surface area contributed by atoms with E-state index in [1.54, 1.807) is 32.2 Å². The second kappa shape index (κ2) is 14.9. The number of H-pyrrole nitrogens is 1. The van der Waals surface area contributed by atoms with Crippen LogP contribution in [0.3, 0.4) is 0 Å². The van der Waals surface area contributed by atoms with Gasteiger partial charge in [0.05, 0.1) is 63.7 Å². The van der Waals surface area contributed by atoms with Crippen LogP contribution in [0.2, 0.25) is 0 Å². The number of carboxylic acid groups (broad SMARTS) is 1. The molecule has 1 unspecified atom stereocenters. The van der Waals surface area contributed by atoms with Gasteiger partial charge in [0.1, 0.15) is 6.04 Å². The number of benzene rings is 2. The molecule has 246 valence electrons. The maximum absolute atomic E-state index is 13.6. The van der Waals surface area contributed by atoms with Crippen LogP contribution >= 0.6 is 0 Å². The minimum atomic E-state index is -4.62. The number of aromatic nitrogens is 3. The number of carbonyl (C=O) groups is 2. The van der Waals surface area contributed by atoms with Crippen molar-refractivity contribution in [3.05, 3.63) is 86.5 Å². The normalized spacial score (nSPS) is 14.6. The Bertz CT molecular complexity index is 1690. The number of nitriles is 1. The van der Waals surface area contributed by atoms with Gasteiger partial charge >= 0.3 is 17.8 Å². The summed E-state index contributed by atoms with van der Waals surface area (Å²) >= 11 is 0. The zero-order chi connectivity index (χ0) is 34.2. The average molecular weight is 645 g/mol. The first-order valence-electron chi connectivity index (χ1n) is 14.1. The quantitative estimate of drug-likeness (QED) is 0.152. The number of rotatable bonds is 10. The second-order valence-electron chi connectivity index (χ2n) is 11.1. The fourth-order valence-electron chi connectivity index (χ4n) is 5.41. The van der Waals surface area contributed by atoms with Crippen LogP contribution in [-0.4, -0.2) is 79.7 Å². The number of nitrogens with one attached hydrogen (secondary N) is 1. The lowest BCUT2D eigenvalue weighted by Gasteiger charge is -2.36. The SMILES string of the molecule is COCCC[N+](C)(C)CCc1cc(C#N)ccc1C1C(C(=O)OC)=C(C)N(c2cccc(C(F)(F)F)c2)c2n[nH]c(=O)n21.O=C[O-]. The largest absolute Gasteiger partial charge is 0.554 e. The Labute approximate surface area is 263 Å². The number of nitrogens with zero attached hydrogens (tertiary/aromatic N) is 5. The van der Waals surface area contributed by atoms with Gasteiger partial charge in [0.25, 0.3) is 0 Å². The Kier molecular flexibility index (Phi) is 11.5. The first-order chi connectivity index (χ1) is 21.7. The molecule has 1 atom stereocenters. The van der Waals surface area contributed by atoms with E-state index in [1.165, 1.54) is 28.7 Å². The summed E-state index contributed by atoms with van der Waals surface area (Å²) in [5.41, 5.74) is 0.505. The van der Waals surface area contributed by atoms with Crippen LogP contribution in [0.25, 0.3) is 0 Å². The molecule has 0 radical (unpaired) electrons. The molecule has 0 bridgehead atoms. The predicted molar refractivity (Wildman–Crippen MR) is 159 cm³/mol. The molecule has 0 saturated carbocycles. The van der Waals surface area contributed by atoms with Gasteiger partial charge in [0, 0.05) is 37.8 Å². The number of hydrogen-bond acceptors (Lipinski definition) is 9. The van der Waals surface area contributed by atoms with E-state index in [-0.39, 0.29) is 22.9 Å². The van der Waals surface area contributed by atoms with Crippen LogP contribution in [-0.2, 0) is 31.7 Å². The molecule has 2 aromatic carbocycles. The van der Waals surface area contributed by atoms with E-state index in [9.17, 15) is 28.0 Å². The highest BCUT2D eigenvalue weighted by Gasteiger charge is 2.41. The summed E-state index contributed by atoms with van der Waals surface area (Å²) in [6.07, 6.45) is -3.26. The summed E-state index contributed by atoms with van der Waals surface area (Å²) < 4.78 is 53.1. The molecule has 1 N–H and O–H groups in total. The van der Waals surface area contributed by atoms with Crippen molar-refractivity contribution in [2.45, 2.75) is 32.0 Å². The predicted octanol–water partition coefficient (Wildman–Crippen LogP) is 2.67. The van der Waals surface area contributed by atoms with Gasteiger partial charge in [0.15, 0.2) is 0 Å². The van der Waals surface area contributed by atoms with Crippen molar-refractivity contribution in [3.63, 3.8) is 0 Å². The van der Waals surface area contributed by atoms with Crippen molar-refractivity contribution >= 4 is 24.1 Å². The van der Waals surface area contributed by atoms with E-state index in [4.69, 9.17) is 19.4 Å². The first kappa shape index (κ1) is 35.5. The Morgan fingerprint density at radius 2 is 1.89 bits per heavy atom. The number of methoxy groups -OCH3 is 2. The average Bonchev–Trinajstić information content (AvgIpc) is 3.39. The fraction of sp³-hybridized carbons (Fsp3) is 0.387. The van der Waals surface area contributed by atoms with E-state index in [1.807, 2.05) is 0 Å². The number of alkyl halides is 3. The molecule has 3 aromatic rings. The van der Waals surface area contributed by atoms with Crippen molar-refractivity contribution in [2.24, 2.45) is 0 Å². The topological polar surface area (TPSA) is 153 Å². The smallest absolute Gasteiger partial charge is 0.416 e. The number of esters is 1. The number of allylic oxidation sites excluding steroid dienone is 1. The number of hydrogen-bond donors (Lipinski definition) is 1. The van der Waals surface area contributed by atoms with Gasteiger partial charge in [-0.2, -0.15) is 18.4 Å². The summed E-state index contributed by atoms with van der Waals surface area (Å²) in [5, 5.41) is 24.5. The van der Waals surface area contributed by atoms with Gasteiger partial charge in [-0.05, 0) is 48.4 Å². The number of anilines is 2. The van der Waals surface area contributed by atoms with Crippen LogP contribution in [0.15, 0.2) is 58.5 Å². The van der Waals surface area contributed by atoms with E-state index >= 15 is 0 Å². The molecule has 1 aromatic heterocycles. The van der Waals surface area contributed by atoms with E-state index < -0.39 is 35.9 Å². The standard InChI is InChI=1S/C30H33F3N6O4.CH2O2/c1-19-25(27(40)43-5)26(24-11-10-20(18-34)16-21(24)12-14-39(2,3)13-7-15-42-4)38-28(35-36-29(38)41)37(19)23-9-6-8-22(17-23)30(31,32)33;2-1-3/h6,8-11,16-17,26H,7,12-15H2,1-5H3;1H,(H,2,3). The highest BCUT2D eigenvalue weighted by Crippen LogP contribution is 2.43. The molecule has 15 heteroatoms. The number of quaternary nitrogens is 1. The van der Waals surface area contributed by atoms with Crippen molar-refractivity contribution < 1.29 is 41.8 Å². The lowest BCUT2D eigenvalue weighted by Crippen LogP contribution is -2.42. The Morgan fingerprint density at radius 3 is 2.50 bits per heavy atom. The third kappa shape index (κ3) is 7.82. The van der Waals surface area contributed by atoms with E-state index in [2.05, 4.69) is 30.4 Å². The van der Waals surface area contributed by atoms with E-state index in [0.29, 0.717) is 35.2 Å². The highest BCUT2D eigenvalue weighted by molar-refractivity contribution is 5.93. The molecular formula is C31H35F3N6O6. The van der Waals surface area contributed by atoms with E-state index in [0.717, 1.165) is 30.7 Å². The molecule has 46 heavy (non-hydrogen) atoms. The maximum Gasteiger partial charge on any atom is 0.416 e. The van der Waals surface area contributed by atoms with Crippen molar-refractivity contribution in [1.29, 1.82) is 5.26 Å². The van der Waals surface area contributed by atoms with Gasteiger partial charge in [0.2, 0.25) is 5.95 Å². The number of fused-ring (bicyclic) bond motifs is 1. The van der Waals surface area contributed by atoms with Crippen LogP contribution in [0.4, 0.5) is 24.8 Å². The van der Waals surface area contributed by atoms with Gasteiger partial charge in [-0.1, -0.05) is 12.1 Å². The molecule has 4 rings (SSSR count). The molecule has 0 fully saturated rings. The van der Waals surface area contributed by atoms with Gasteiger partial charge < -0.3 is 23.9 Å². The second-order valence-corrected chi connectivity index (χ2v) is 11.1. The summed E-state index contributed by atoms with van der Waals surface area (Å²) in [4.78, 5) is 36.3. The zero-order valence-electron chi connectivity index (χ0n) is 26.1. The van der Waals surface area contributed by atoms with Crippen LogP contribution in [0, 0.1) is 11.3 Å². The summed E-state index contributed by atoms with van der Waals surface area (Å²) in [5.74, 6) is -0.755. The first-order valence-corrected chi connectivity index (χ1v) is 14.1. The van der Waals surface area contributed by atoms with Crippen molar-refractivity contribution in [1.82, 2.24) is 14.8 Å². The highest BCUT2D eigenvalue weighted by atomic mass is 19.4. The minimum Gasteiger partial charge on any atom is -0.554 e. The summed E-state index contributed by atoms with van der Waals surface area (Å²) in [6.45, 7) is 3.22. The van der Waals surface area contributed by atoms with Gasteiger partial charge in [-0.15, -0.1) is 5.10 Å². The molecule has 0 aliphatic carbocycles. The molecule has 1 aliphatic heterocycles. The molecule has 0 amide bonds. The molecular weight excluding hydrogens is 609 g/mol.